The van der Waals surface area contributed by atoms with Crippen LogP contribution in [0.4, 0.5) is 11.4 Å². The van der Waals surface area contributed by atoms with Crippen LogP contribution >= 0.6 is 0 Å². The predicted molar refractivity (Wildman–Crippen MR) is 106 cm³/mol. The van der Waals surface area contributed by atoms with Crippen LogP contribution in [-0.4, -0.2) is 25.2 Å². The molecule has 1 heterocycles. The molecule has 0 radical (unpaired) electrons. The fraction of sp³-hybridized carbons (Fsp3) is 0.174. The van der Waals surface area contributed by atoms with Gasteiger partial charge in [-0.2, -0.15) is 0 Å². The highest BCUT2D eigenvalue weighted by Gasteiger charge is 2.26. The Morgan fingerprint density at radius 2 is 1.67 bits per heavy atom. The zero-order chi connectivity index (χ0) is 18.6. The lowest BCUT2D eigenvalue weighted by Gasteiger charge is -2.25. The number of carbonyl (C=O) groups is 1. The zero-order valence-electron chi connectivity index (χ0n) is 15.2. The molecular formula is C23H21NO3. The maximum Gasteiger partial charge on any atom is 0.262 e. The van der Waals surface area contributed by atoms with E-state index in [1.54, 1.807) is 4.90 Å². The number of amides is 1. The van der Waals surface area contributed by atoms with E-state index >= 15 is 0 Å². The third kappa shape index (κ3) is 4.01. The highest BCUT2D eigenvalue weighted by Crippen LogP contribution is 2.35. The topological polar surface area (TPSA) is 42.1 Å². The van der Waals surface area contributed by atoms with E-state index < -0.39 is 0 Å². The van der Waals surface area contributed by atoms with Crippen molar-refractivity contribution in [3.63, 3.8) is 0 Å². The fourth-order valence-corrected chi connectivity index (χ4v) is 2.88. The first kappa shape index (κ1) is 17.3. The number of hydrogen-bond donors (Lipinski definition) is 0. The average Bonchev–Trinajstić information content (AvgIpc) is 3.53. The van der Waals surface area contributed by atoms with Crippen LogP contribution < -0.4 is 9.64 Å². The Bertz CT molecular complexity index is 918. The summed E-state index contributed by atoms with van der Waals surface area (Å²) < 4.78 is 11.2. The molecule has 1 unspecified atom stereocenters. The van der Waals surface area contributed by atoms with E-state index in [-0.39, 0.29) is 12.0 Å². The standard InChI is InChI=1S/C23H21NO3/c1-17-11-13-18(14-12-17)23(25)24(19-7-3-2-4-8-19)21-9-5-6-10-22(21)27-16-20-15-26-20/h2-14,20H,15-16H2,1H3. The molecular weight excluding hydrogens is 338 g/mol. The minimum Gasteiger partial charge on any atom is -0.489 e. The average molecular weight is 359 g/mol. The van der Waals surface area contributed by atoms with Crippen LogP contribution in [0.1, 0.15) is 15.9 Å². The summed E-state index contributed by atoms with van der Waals surface area (Å²) in [4.78, 5) is 15.1. The maximum atomic E-state index is 13.4. The van der Waals surface area contributed by atoms with Crippen LogP contribution in [0.5, 0.6) is 5.75 Å². The maximum absolute atomic E-state index is 13.4. The van der Waals surface area contributed by atoms with Crippen molar-refractivity contribution in [1.29, 1.82) is 0 Å². The molecule has 1 aliphatic rings. The summed E-state index contributed by atoms with van der Waals surface area (Å²) in [5, 5.41) is 0. The van der Waals surface area contributed by atoms with Gasteiger partial charge in [-0.3, -0.25) is 9.69 Å². The van der Waals surface area contributed by atoms with Crippen molar-refractivity contribution < 1.29 is 14.3 Å². The number of benzene rings is 3. The summed E-state index contributed by atoms with van der Waals surface area (Å²) in [7, 11) is 0. The number of hydrogen-bond acceptors (Lipinski definition) is 3. The van der Waals surface area contributed by atoms with Gasteiger partial charge in [-0.05, 0) is 43.3 Å². The number of anilines is 2. The summed E-state index contributed by atoms with van der Waals surface area (Å²) in [5.41, 5.74) is 3.26. The van der Waals surface area contributed by atoms with Gasteiger partial charge in [-0.25, -0.2) is 0 Å². The third-order valence-corrected chi connectivity index (χ3v) is 4.45. The van der Waals surface area contributed by atoms with Crippen LogP contribution in [0.3, 0.4) is 0 Å². The minimum atomic E-state index is -0.0973. The van der Waals surface area contributed by atoms with E-state index in [0.717, 1.165) is 23.5 Å². The second kappa shape index (κ2) is 7.64. The lowest BCUT2D eigenvalue weighted by atomic mass is 10.1. The molecule has 136 valence electrons. The van der Waals surface area contributed by atoms with Crippen LogP contribution in [0.2, 0.25) is 0 Å². The Morgan fingerprint density at radius 3 is 2.37 bits per heavy atom. The molecule has 0 aromatic heterocycles. The fourth-order valence-electron chi connectivity index (χ4n) is 2.88. The van der Waals surface area contributed by atoms with Crippen molar-refractivity contribution in [2.45, 2.75) is 13.0 Å². The summed E-state index contributed by atoms with van der Waals surface area (Å²) in [6.07, 6.45) is 0.149. The summed E-state index contributed by atoms with van der Waals surface area (Å²) in [6, 6.07) is 24.8. The predicted octanol–water partition coefficient (Wildman–Crippen LogP) is 4.75. The Morgan fingerprint density at radius 1 is 1.00 bits per heavy atom. The van der Waals surface area contributed by atoms with E-state index in [1.807, 2.05) is 85.8 Å². The van der Waals surface area contributed by atoms with Crippen LogP contribution in [0.15, 0.2) is 78.9 Å². The van der Waals surface area contributed by atoms with Crippen molar-refractivity contribution in [3.05, 3.63) is 90.0 Å². The van der Waals surface area contributed by atoms with E-state index in [9.17, 15) is 4.79 Å². The molecule has 27 heavy (non-hydrogen) atoms. The molecule has 0 bridgehead atoms. The molecule has 1 atom stereocenters. The number of carbonyl (C=O) groups excluding carboxylic acids is 1. The lowest BCUT2D eigenvalue weighted by Crippen LogP contribution is -2.26. The third-order valence-electron chi connectivity index (χ3n) is 4.45. The summed E-state index contributed by atoms with van der Waals surface area (Å²) in [6.45, 7) is 3.22. The Labute approximate surface area is 159 Å². The molecule has 0 saturated carbocycles. The van der Waals surface area contributed by atoms with E-state index in [1.165, 1.54) is 0 Å². The van der Waals surface area contributed by atoms with Gasteiger partial charge in [0.15, 0.2) is 0 Å². The van der Waals surface area contributed by atoms with Gasteiger partial charge in [-0.15, -0.1) is 0 Å². The monoisotopic (exact) mass is 359 g/mol. The SMILES string of the molecule is Cc1ccc(C(=O)N(c2ccccc2)c2ccccc2OCC2CO2)cc1. The number of ether oxygens (including phenoxy) is 2. The molecule has 4 heteroatoms. The van der Waals surface area contributed by atoms with Gasteiger partial charge in [0.25, 0.3) is 5.91 Å². The van der Waals surface area contributed by atoms with Gasteiger partial charge >= 0.3 is 0 Å². The van der Waals surface area contributed by atoms with Crippen molar-refractivity contribution in [2.24, 2.45) is 0 Å². The van der Waals surface area contributed by atoms with E-state index in [2.05, 4.69) is 0 Å². The highest BCUT2D eigenvalue weighted by atomic mass is 16.6. The number of epoxide rings is 1. The summed E-state index contributed by atoms with van der Waals surface area (Å²) in [5.74, 6) is 0.567. The second-order valence-corrected chi connectivity index (χ2v) is 6.58. The number of para-hydroxylation sites is 3. The number of rotatable bonds is 6. The number of aryl methyl sites for hydroxylation is 1. The van der Waals surface area contributed by atoms with Gasteiger partial charge in [0.1, 0.15) is 18.5 Å². The van der Waals surface area contributed by atoms with Gasteiger partial charge < -0.3 is 9.47 Å². The first-order valence-electron chi connectivity index (χ1n) is 9.02. The van der Waals surface area contributed by atoms with E-state index in [4.69, 9.17) is 9.47 Å². The first-order valence-corrected chi connectivity index (χ1v) is 9.02. The van der Waals surface area contributed by atoms with Gasteiger partial charge in [0, 0.05) is 11.3 Å². The van der Waals surface area contributed by atoms with Gasteiger partial charge in [0.2, 0.25) is 0 Å². The lowest BCUT2D eigenvalue weighted by molar-refractivity contribution is 0.0998. The number of nitrogens with zero attached hydrogens (tertiary/aromatic N) is 1. The highest BCUT2D eigenvalue weighted by molar-refractivity contribution is 6.11. The van der Waals surface area contributed by atoms with Crippen LogP contribution in [0.25, 0.3) is 0 Å². The second-order valence-electron chi connectivity index (χ2n) is 6.58. The normalized spacial score (nSPS) is 15.2. The van der Waals surface area contributed by atoms with Crippen molar-refractivity contribution in [1.82, 2.24) is 0 Å². The van der Waals surface area contributed by atoms with Crippen molar-refractivity contribution in [3.8, 4) is 5.75 Å². The molecule has 4 nitrogen and oxygen atoms in total. The molecule has 0 aliphatic carbocycles. The van der Waals surface area contributed by atoms with Gasteiger partial charge in [-0.1, -0.05) is 48.0 Å². The molecule has 3 aromatic rings. The molecule has 1 amide bonds. The van der Waals surface area contributed by atoms with Crippen LogP contribution in [-0.2, 0) is 4.74 Å². The molecule has 0 N–H and O–H groups in total. The summed E-state index contributed by atoms with van der Waals surface area (Å²) >= 11 is 0. The smallest absolute Gasteiger partial charge is 0.262 e. The molecule has 1 fully saturated rings. The minimum absolute atomic E-state index is 0.0973. The quantitative estimate of drug-likeness (QED) is 0.597. The molecule has 0 spiro atoms. The first-order chi connectivity index (χ1) is 13.2. The van der Waals surface area contributed by atoms with Gasteiger partial charge in [0.05, 0.1) is 12.3 Å². The molecule has 4 rings (SSSR count). The Kier molecular flexibility index (Phi) is 4.90. The van der Waals surface area contributed by atoms with Crippen LogP contribution in [0, 0.1) is 6.92 Å². The van der Waals surface area contributed by atoms with Crippen molar-refractivity contribution in [2.75, 3.05) is 18.1 Å². The Hall–Kier alpha value is -3.11. The van der Waals surface area contributed by atoms with Crippen molar-refractivity contribution >= 4 is 17.3 Å². The molecule has 1 saturated heterocycles. The Balaban J connectivity index is 1.74. The molecule has 1 aliphatic heterocycles. The molecule has 3 aromatic carbocycles. The van der Waals surface area contributed by atoms with E-state index in [0.29, 0.717) is 17.9 Å². The zero-order valence-corrected chi connectivity index (χ0v) is 15.2. The largest absolute Gasteiger partial charge is 0.489 e.